The number of hydrogen-bond acceptors (Lipinski definition) is 5. The van der Waals surface area contributed by atoms with Crippen LogP contribution in [0.15, 0.2) is 63.4 Å². The van der Waals surface area contributed by atoms with Gasteiger partial charge in [0.05, 0.1) is 33.3 Å². The Morgan fingerprint density at radius 1 is 1.19 bits per heavy atom. The van der Waals surface area contributed by atoms with Crippen molar-refractivity contribution in [3.05, 3.63) is 75.2 Å². The van der Waals surface area contributed by atoms with Crippen molar-refractivity contribution in [1.29, 1.82) is 0 Å². The summed E-state index contributed by atoms with van der Waals surface area (Å²) >= 11 is 8.36. The largest absolute Gasteiger partial charge is 0.418 e. The summed E-state index contributed by atoms with van der Waals surface area (Å²) in [5.74, 6) is -0.127. The summed E-state index contributed by atoms with van der Waals surface area (Å²) < 4.78 is 40.9. The van der Waals surface area contributed by atoms with E-state index in [1.165, 1.54) is 34.5 Å². The molecule has 2 aromatic carbocycles. The lowest BCUT2D eigenvalue weighted by Crippen LogP contribution is -2.25. The Kier molecular flexibility index (Phi) is 6.55. The van der Waals surface area contributed by atoms with Crippen LogP contribution in [0.3, 0.4) is 0 Å². The van der Waals surface area contributed by atoms with E-state index in [0.29, 0.717) is 27.7 Å². The normalized spacial score (nSPS) is 13.1. The highest BCUT2D eigenvalue weighted by molar-refractivity contribution is 8.00. The number of rotatable bonds is 5. The maximum atomic E-state index is 13.2. The molecule has 0 atom stereocenters. The third-order valence-corrected chi connectivity index (χ3v) is 6.89. The second kappa shape index (κ2) is 9.21. The minimum absolute atomic E-state index is 0.224. The summed E-state index contributed by atoms with van der Waals surface area (Å²) in [4.78, 5) is 30.7. The van der Waals surface area contributed by atoms with Gasteiger partial charge in [0.15, 0.2) is 5.16 Å². The van der Waals surface area contributed by atoms with E-state index in [9.17, 15) is 22.8 Å². The van der Waals surface area contributed by atoms with Crippen LogP contribution in [0.1, 0.15) is 11.3 Å². The fourth-order valence-corrected chi connectivity index (χ4v) is 5.14. The molecule has 0 radical (unpaired) electrons. The van der Waals surface area contributed by atoms with Crippen LogP contribution in [-0.2, 0) is 17.4 Å². The van der Waals surface area contributed by atoms with E-state index in [4.69, 9.17) is 11.6 Å². The van der Waals surface area contributed by atoms with Crippen molar-refractivity contribution in [2.24, 2.45) is 0 Å². The number of alkyl halides is 3. The first-order chi connectivity index (χ1) is 15.2. The van der Waals surface area contributed by atoms with Gasteiger partial charge in [-0.25, -0.2) is 4.98 Å². The number of fused-ring (bicyclic) bond motifs is 1. The van der Waals surface area contributed by atoms with Crippen molar-refractivity contribution in [3.63, 3.8) is 0 Å². The van der Waals surface area contributed by atoms with Crippen LogP contribution in [-0.4, -0.2) is 27.0 Å². The van der Waals surface area contributed by atoms with E-state index >= 15 is 0 Å². The van der Waals surface area contributed by atoms with Gasteiger partial charge in [0.25, 0.3) is 5.56 Å². The average Bonchev–Trinajstić information content (AvgIpc) is 3.22. The molecule has 2 heterocycles. The Morgan fingerprint density at radius 3 is 2.62 bits per heavy atom. The molecule has 4 rings (SSSR count). The summed E-state index contributed by atoms with van der Waals surface area (Å²) in [6.07, 6.45) is -3.96. The Morgan fingerprint density at radius 2 is 1.91 bits per heavy atom. The summed E-state index contributed by atoms with van der Waals surface area (Å²) in [6.45, 7) is 0. The number of aromatic nitrogens is 2. The van der Waals surface area contributed by atoms with Crippen LogP contribution in [0.2, 0.25) is 5.02 Å². The lowest BCUT2D eigenvalue weighted by atomic mass is 10.1. The van der Waals surface area contributed by atoms with Gasteiger partial charge >= 0.3 is 6.18 Å². The molecular formula is C21H15ClF3N3O2S2. The molecule has 1 aliphatic heterocycles. The number of carbonyl (C=O) groups excluding carboxylic acids is 1. The molecule has 5 nitrogen and oxygen atoms in total. The highest BCUT2D eigenvalue weighted by Crippen LogP contribution is 2.35. The topological polar surface area (TPSA) is 64.0 Å². The van der Waals surface area contributed by atoms with E-state index in [-0.39, 0.29) is 22.2 Å². The quantitative estimate of drug-likeness (QED) is 0.383. The summed E-state index contributed by atoms with van der Waals surface area (Å²) in [5, 5.41) is 3.10. The minimum Gasteiger partial charge on any atom is -0.325 e. The van der Waals surface area contributed by atoms with Crippen LogP contribution >= 0.6 is 35.1 Å². The highest BCUT2D eigenvalue weighted by atomic mass is 35.5. The minimum atomic E-state index is -4.59. The van der Waals surface area contributed by atoms with Gasteiger partial charge in [-0.05, 0) is 36.4 Å². The first-order valence-corrected chi connectivity index (χ1v) is 11.7. The van der Waals surface area contributed by atoms with Gasteiger partial charge in [-0.15, -0.1) is 11.8 Å². The van der Waals surface area contributed by atoms with Crippen molar-refractivity contribution in [1.82, 2.24) is 9.55 Å². The van der Waals surface area contributed by atoms with Crippen molar-refractivity contribution in [3.8, 4) is 5.69 Å². The van der Waals surface area contributed by atoms with Crippen molar-refractivity contribution < 1.29 is 18.0 Å². The molecule has 0 saturated carbocycles. The summed E-state index contributed by atoms with van der Waals surface area (Å²) in [7, 11) is 0. The molecule has 1 aromatic heterocycles. The SMILES string of the molecule is O=C(CSc1nc2c(c(=O)n1-c1ccc(Cl)cc1)SCC2)Nc1ccccc1C(F)(F)F. The molecule has 1 amide bonds. The number of anilines is 1. The first kappa shape index (κ1) is 22.8. The lowest BCUT2D eigenvalue weighted by Gasteiger charge is -2.15. The number of carbonyl (C=O) groups is 1. The van der Waals surface area contributed by atoms with Crippen LogP contribution in [0.5, 0.6) is 0 Å². The van der Waals surface area contributed by atoms with Crippen molar-refractivity contribution >= 4 is 46.7 Å². The van der Waals surface area contributed by atoms with Crippen LogP contribution in [0.25, 0.3) is 5.69 Å². The number of nitrogens with one attached hydrogen (secondary N) is 1. The van der Waals surface area contributed by atoms with E-state index < -0.39 is 17.6 Å². The Hall–Kier alpha value is -2.43. The Balaban J connectivity index is 1.60. The number of thioether (sulfide) groups is 2. The zero-order chi connectivity index (χ0) is 22.9. The molecule has 0 saturated heterocycles. The van der Waals surface area contributed by atoms with Crippen molar-refractivity contribution in [2.75, 3.05) is 16.8 Å². The van der Waals surface area contributed by atoms with Crippen molar-refractivity contribution in [2.45, 2.75) is 22.6 Å². The maximum absolute atomic E-state index is 13.2. The predicted molar refractivity (Wildman–Crippen MR) is 120 cm³/mol. The molecule has 3 aromatic rings. The number of aryl methyl sites for hydroxylation is 1. The molecule has 1 aliphatic rings. The molecule has 0 aliphatic carbocycles. The molecule has 0 bridgehead atoms. The first-order valence-electron chi connectivity index (χ1n) is 9.37. The third kappa shape index (κ3) is 4.82. The number of halogens is 4. The molecule has 166 valence electrons. The molecule has 0 fully saturated rings. The molecule has 11 heteroatoms. The fourth-order valence-electron chi connectivity index (χ4n) is 3.16. The standard InChI is InChI=1S/C21H15ClF3N3O2S2/c22-12-5-7-13(8-6-12)28-19(30)18-16(9-10-31-18)27-20(28)32-11-17(29)26-15-4-2-1-3-14(15)21(23,24)25/h1-8H,9-11H2,(H,26,29). The summed E-state index contributed by atoms with van der Waals surface area (Å²) in [5.41, 5.74) is -0.295. The zero-order valence-electron chi connectivity index (χ0n) is 16.3. The van der Waals surface area contributed by atoms with Crippen LogP contribution in [0, 0.1) is 0 Å². The number of amides is 1. The Labute approximate surface area is 194 Å². The van der Waals surface area contributed by atoms with Gasteiger partial charge in [0.1, 0.15) is 0 Å². The second-order valence-electron chi connectivity index (χ2n) is 6.77. The number of para-hydroxylation sites is 1. The monoisotopic (exact) mass is 497 g/mol. The van der Waals surface area contributed by atoms with Gasteiger partial charge in [-0.3, -0.25) is 14.2 Å². The van der Waals surface area contributed by atoms with E-state index in [2.05, 4.69) is 10.3 Å². The molecule has 0 unspecified atom stereocenters. The van der Waals surface area contributed by atoms with E-state index in [1.807, 2.05) is 0 Å². The smallest absolute Gasteiger partial charge is 0.325 e. The number of hydrogen-bond donors (Lipinski definition) is 1. The number of nitrogens with zero attached hydrogens (tertiary/aromatic N) is 2. The van der Waals surface area contributed by atoms with Crippen LogP contribution < -0.4 is 10.9 Å². The average molecular weight is 498 g/mol. The molecule has 1 N–H and O–H groups in total. The van der Waals surface area contributed by atoms with Crippen LogP contribution in [0.4, 0.5) is 18.9 Å². The van der Waals surface area contributed by atoms with Gasteiger partial charge in [0.2, 0.25) is 5.91 Å². The second-order valence-corrected chi connectivity index (χ2v) is 9.25. The molecule has 0 spiro atoms. The fraction of sp³-hybridized carbons (Fsp3) is 0.190. The highest BCUT2D eigenvalue weighted by Gasteiger charge is 2.33. The lowest BCUT2D eigenvalue weighted by molar-refractivity contribution is -0.137. The molecular weight excluding hydrogens is 483 g/mol. The van der Waals surface area contributed by atoms with Gasteiger partial charge in [-0.2, -0.15) is 13.2 Å². The maximum Gasteiger partial charge on any atom is 0.418 e. The predicted octanol–water partition coefficient (Wildman–Crippen LogP) is 5.28. The Bertz CT molecular complexity index is 1230. The molecule has 32 heavy (non-hydrogen) atoms. The van der Waals surface area contributed by atoms with E-state index in [0.717, 1.165) is 23.6 Å². The van der Waals surface area contributed by atoms with Gasteiger partial charge in [0, 0.05) is 17.2 Å². The number of benzene rings is 2. The van der Waals surface area contributed by atoms with Gasteiger partial charge in [-0.1, -0.05) is 35.5 Å². The zero-order valence-corrected chi connectivity index (χ0v) is 18.7. The van der Waals surface area contributed by atoms with E-state index in [1.54, 1.807) is 24.3 Å². The van der Waals surface area contributed by atoms with Gasteiger partial charge < -0.3 is 5.32 Å². The summed E-state index contributed by atoms with van der Waals surface area (Å²) in [6, 6.07) is 11.4. The third-order valence-electron chi connectivity index (χ3n) is 4.59.